The third-order valence-electron chi connectivity index (χ3n) is 3.14. The van der Waals surface area contributed by atoms with Crippen molar-refractivity contribution in [1.29, 1.82) is 0 Å². The van der Waals surface area contributed by atoms with Crippen LogP contribution in [0.25, 0.3) is 0 Å². The average molecular weight is 367 g/mol. The second kappa shape index (κ2) is 6.33. The zero-order valence-corrected chi connectivity index (χ0v) is 12.7. The normalized spacial score (nSPS) is 22.9. The van der Waals surface area contributed by atoms with Gasteiger partial charge in [0.1, 0.15) is 6.04 Å². The summed E-state index contributed by atoms with van der Waals surface area (Å²) in [5.74, 6) is -0.419. The molecule has 1 aromatic rings. The summed E-state index contributed by atoms with van der Waals surface area (Å²) in [6, 6.07) is 2.98. The fourth-order valence-corrected chi connectivity index (χ4v) is 2.54. The van der Waals surface area contributed by atoms with E-state index in [0.29, 0.717) is 13.2 Å². The summed E-state index contributed by atoms with van der Waals surface area (Å²) in [4.78, 5) is 12.1. The van der Waals surface area contributed by atoms with Gasteiger partial charge in [-0.25, -0.2) is 0 Å². The number of hydrogen-bond donors (Lipinski definition) is 2. The molecule has 4 nitrogen and oxygen atoms in total. The summed E-state index contributed by atoms with van der Waals surface area (Å²) in [5, 5.41) is 5.46. The number of rotatable bonds is 2. The molecule has 21 heavy (non-hydrogen) atoms. The standard InChI is InChI=1S/C13H14BrF3N2O2/c1-7-11(18-4-5-21-7)12(20)19-8-2-3-10(14)9(6-8)13(15,16)17/h2-3,6-7,11,18H,4-5H2,1H3,(H,19,20)/t7-,11+/m1/s1. The predicted molar refractivity (Wildman–Crippen MR) is 75.0 cm³/mol. The van der Waals surface area contributed by atoms with Gasteiger partial charge in [0.25, 0.3) is 0 Å². The minimum atomic E-state index is -4.49. The molecule has 0 radical (unpaired) electrons. The minimum absolute atomic E-state index is 0.0690. The summed E-state index contributed by atoms with van der Waals surface area (Å²) in [6.07, 6.45) is -4.82. The molecule has 8 heteroatoms. The molecule has 1 fully saturated rings. The van der Waals surface area contributed by atoms with Crippen LogP contribution in [-0.4, -0.2) is 31.2 Å². The first kappa shape index (κ1) is 16.3. The first-order valence-electron chi connectivity index (χ1n) is 6.31. The molecular weight excluding hydrogens is 353 g/mol. The SMILES string of the molecule is C[C@H]1OCCN[C@@H]1C(=O)Nc1ccc(Br)c(C(F)(F)F)c1. The molecule has 2 N–H and O–H groups in total. The van der Waals surface area contributed by atoms with Crippen molar-refractivity contribution in [1.82, 2.24) is 5.32 Å². The lowest BCUT2D eigenvalue weighted by atomic mass is 10.1. The van der Waals surface area contributed by atoms with Crippen molar-refractivity contribution >= 4 is 27.5 Å². The fourth-order valence-electron chi connectivity index (χ4n) is 2.07. The highest BCUT2D eigenvalue weighted by Crippen LogP contribution is 2.36. The van der Waals surface area contributed by atoms with Crippen LogP contribution in [-0.2, 0) is 15.7 Å². The van der Waals surface area contributed by atoms with Crippen molar-refractivity contribution in [3.8, 4) is 0 Å². The lowest BCUT2D eigenvalue weighted by Crippen LogP contribution is -2.53. The molecule has 1 amide bonds. The molecule has 1 saturated heterocycles. The quantitative estimate of drug-likeness (QED) is 0.845. The number of benzene rings is 1. The molecule has 1 aliphatic heterocycles. The van der Waals surface area contributed by atoms with Gasteiger partial charge in [0.15, 0.2) is 0 Å². The summed E-state index contributed by atoms with van der Waals surface area (Å²) in [5.41, 5.74) is -0.740. The number of alkyl halides is 3. The van der Waals surface area contributed by atoms with Gasteiger partial charge in [-0.15, -0.1) is 0 Å². The molecule has 2 rings (SSSR count). The largest absolute Gasteiger partial charge is 0.417 e. The summed E-state index contributed by atoms with van der Waals surface area (Å²) < 4.78 is 43.7. The number of hydrogen-bond acceptors (Lipinski definition) is 3. The number of anilines is 1. The second-order valence-corrected chi connectivity index (χ2v) is 5.54. The fraction of sp³-hybridized carbons (Fsp3) is 0.462. The molecule has 1 heterocycles. The Kier molecular flexibility index (Phi) is 4.90. The van der Waals surface area contributed by atoms with Crippen LogP contribution in [0.5, 0.6) is 0 Å². The van der Waals surface area contributed by atoms with Gasteiger partial charge in [0.2, 0.25) is 5.91 Å². The summed E-state index contributed by atoms with van der Waals surface area (Å²) in [7, 11) is 0. The van der Waals surface area contributed by atoms with Gasteiger partial charge in [0.05, 0.1) is 18.3 Å². The molecule has 0 bridgehead atoms. The number of ether oxygens (including phenoxy) is 1. The highest BCUT2D eigenvalue weighted by atomic mass is 79.9. The van der Waals surface area contributed by atoms with Gasteiger partial charge in [-0.3, -0.25) is 4.79 Å². The molecule has 2 atom stereocenters. The van der Waals surface area contributed by atoms with Gasteiger partial charge in [0, 0.05) is 16.7 Å². The zero-order chi connectivity index (χ0) is 15.6. The number of morpholine rings is 1. The Morgan fingerprint density at radius 2 is 2.19 bits per heavy atom. The maximum atomic E-state index is 12.8. The van der Waals surface area contributed by atoms with Crippen molar-refractivity contribution in [2.75, 3.05) is 18.5 Å². The van der Waals surface area contributed by atoms with E-state index in [2.05, 4.69) is 26.6 Å². The number of halogens is 4. The van der Waals surface area contributed by atoms with Crippen molar-refractivity contribution in [3.63, 3.8) is 0 Å². The van der Waals surface area contributed by atoms with Gasteiger partial charge in [-0.2, -0.15) is 13.2 Å². The van der Waals surface area contributed by atoms with Crippen molar-refractivity contribution in [2.45, 2.75) is 25.2 Å². The average Bonchev–Trinajstić information content (AvgIpc) is 2.40. The molecule has 0 aliphatic carbocycles. The lowest BCUT2D eigenvalue weighted by Gasteiger charge is -2.29. The van der Waals surface area contributed by atoms with Crippen LogP contribution in [0.15, 0.2) is 22.7 Å². The Morgan fingerprint density at radius 1 is 1.48 bits per heavy atom. The molecule has 1 aromatic carbocycles. The van der Waals surface area contributed by atoms with E-state index in [1.165, 1.54) is 12.1 Å². The Hall–Kier alpha value is -1.12. The first-order chi connectivity index (χ1) is 9.79. The molecule has 0 unspecified atom stereocenters. The van der Waals surface area contributed by atoms with E-state index in [4.69, 9.17) is 4.74 Å². The number of carbonyl (C=O) groups is 1. The van der Waals surface area contributed by atoms with Crippen molar-refractivity contribution in [2.24, 2.45) is 0 Å². The van der Waals surface area contributed by atoms with Crippen LogP contribution in [0.1, 0.15) is 12.5 Å². The van der Waals surface area contributed by atoms with Crippen LogP contribution in [0.2, 0.25) is 0 Å². The van der Waals surface area contributed by atoms with Crippen LogP contribution >= 0.6 is 15.9 Å². The summed E-state index contributed by atoms with van der Waals surface area (Å²) in [6.45, 7) is 2.76. The lowest BCUT2D eigenvalue weighted by molar-refractivity contribution is -0.138. The Labute approximate surface area is 128 Å². The zero-order valence-electron chi connectivity index (χ0n) is 11.1. The highest BCUT2D eigenvalue weighted by molar-refractivity contribution is 9.10. The van der Waals surface area contributed by atoms with E-state index in [0.717, 1.165) is 6.07 Å². The predicted octanol–water partition coefficient (Wildman–Crippen LogP) is 2.78. The van der Waals surface area contributed by atoms with E-state index in [1.54, 1.807) is 6.92 Å². The molecule has 0 aromatic heterocycles. The molecule has 116 valence electrons. The van der Waals surface area contributed by atoms with E-state index in [-0.39, 0.29) is 16.3 Å². The third-order valence-corrected chi connectivity index (χ3v) is 3.83. The van der Waals surface area contributed by atoms with Gasteiger partial charge < -0.3 is 15.4 Å². The highest BCUT2D eigenvalue weighted by Gasteiger charge is 2.34. The van der Waals surface area contributed by atoms with Crippen LogP contribution in [0.3, 0.4) is 0 Å². The van der Waals surface area contributed by atoms with Crippen molar-refractivity contribution in [3.05, 3.63) is 28.2 Å². The Bertz CT molecular complexity index is 537. The number of carbonyl (C=O) groups excluding carboxylic acids is 1. The Balaban J connectivity index is 2.14. The molecular formula is C13H14BrF3N2O2. The second-order valence-electron chi connectivity index (χ2n) is 4.69. The van der Waals surface area contributed by atoms with Crippen molar-refractivity contribution < 1.29 is 22.7 Å². The van der Waals surface area contributed by atoms with Crippen LogP contribution < -0.4 is 10.6 Å². The minimum Gasteiger partial charge on any atom is -0.375 e. The molecule has 1 aliphatic rings. The van der Waals surface area contributed by atoms with E-state index in [1.807, 2.05) is 0 Å². The topological polar surface area (TPSA) is 50.4 Å². The summed E-state index contributed by atoms with van der Waals surface area (Å²) >= 11 is 2.85. The van der Waals surface area contributed by atoms with Gasteiger partial charge in [-0.1, -0.05) is 15.9 Å². The number of amides is 1. The maximum absolute atomic E-state index is 12.8. The van der Waals surface area contributed by atoms with Gasteiger partial charge >= 0.3 is 6.18 Å². The van der Waals surface area contributed by atoms with E-state index in [9.17, 15) is 18.0 Å². The molecule has 0 spiro atoms. The third kappa shape index (κ3) is 3.96. The van der Waals surface area contributed by atoms with Crippen LogP contribution in [0, 0.1) is 0 Å². The van der Waals surface area contributed by atoms with Crippen LogP contribution in [0.4, 0.5) is 18.9 Å². The number of nitrogens with one attached hydrogen (secondary N) is 2. The van der Waals surface area contributed by atoms with E-state index >= 15 is 0 Å². The monoisotopic (exact) mass is 366 g/mol. The molecule has 0 saturated carbocycles. The Morgan fingerprint density at radius 3 is 2.81 bits per heavy atom. The van der Waals surface area contributed by atoms with Gasteiger partial charge in [-0.05, 0) is 25.1 Å². The first-order valence-corrected chi connectivity index (χ1v) is 7.11. The smallest absolute Gasteiger partial charge is 0.375 e. The maximum Gasteiger partial charge on any atom is 0.417 e. The van der Waals surface area contributed by atoms with E-state index < -0.39 is 23.7 Å².